The zero-order valence-electron chi connectivity index (χ0n) is 15.6. The Labute approximate surface area is 152 Å². The summed E-state index contributed by atoms with van der Waals surface area (Å²) >= 11 is 0. The van der Waals surface area contributed by atoms with Gasteiger partial charge < -0.3 is 41.4 Å². The molecule has 0 unspecified atom stereocenters. The molecule has 0 amide bonds. The number of carboxylic acids is 4. The standard InChI is InChI=1S/C6H16N2O2.4C2H4O2/c7-1-3-9-5-6-10-4-2-8;4*1-2(3)4/h1-8H2;4*1H3,(H,3,4). The lowest BCUT2D eigenvalue weighted by Gasteiger charge is -2.02. The molecule has 0 aromatic heterocycles. The number of hydrogen-bond acceptors (Lipinski definition) is 8. The van der Waals surface area contributed by atoms with Crippen LogP contribution in [0.4, 0.5) is 0 Å². The van der Waals surface area contributed by atoms with Crippen LogP contribution in [-0.2, 0) is 28.7 Å². The van der Waals surface area contributed by atoms with E-state index in [-0.39, 0.29) is 0 Å². The smallest absolute Gasteiger partial charge is 0.300 e. The second-order valence-electron chi connectivity index (χ2n) is 3.88. The molecular formula is C14H32N2O10. The van der Waals surface area contributed by atoms with Crippen LogP contribution in [0.15, 0.2) is 0 Å². The molecule has 0 fully saturated rings. The Morgan fingerprint density at radius 2 is 0.731 bits per heavy atom. The van der Waals surface area contributed by atoms with Crippen LogP contribution in [0.3, 0.4) is 0 Å². The molecule has 0 aliphatic rings. The minimum absolute atomic E-state index is 0.566. The van der Waals surface area contributed by atoms with Crippen molar-refractivity contribution >= 4 is 23.9 Å². The molecule has 0 aromatic rings. The minimum Gasteiger partial charge on any atom is -0.481 e. The van der Waals surface area contributed by atoms with Gasteiger partial charge >= 0.3 is 0 Å². The first-order valence-electron chi connectivity index (χ1n) is 7.18. The fourth-order valence-corrected chi connectivity index (χ4v) is 0.489. The SMILES string of the molecule is CC(=O)O.CC(=O)O.CC(=O)O.CC(=O)O.NCCOCCOCCN. The summed E-state index contributed by atoms with van der Waals surface area (Å²) in [6, 6.07) is 0. The van der Waals surface area contributed by atoms with Crippen LogP contribution in [0.2, 0.25) is 0 Å². The molecule has 0 spiro atoms. The molecule has 26 heavy (non-hydrogen) atoms. The Morgan fingerprint density at radius 3 is 0.846 bits per heavy atom. The summed E-state index contributed by atoms with van der Waals surface area (Å²) in [7, 11) is 0. The van der Waals surface area contributed by atoms with Gasteiger partial charge in [-0.2, -0.15) is 0 Å². The number of hydrogen-bond donors (Lipinski definition) is 6. The maximum absolute atomic E-state index is 9.00. The summed E-state index contributed by atoms with van der Waals surface area (Å²) in [5, 5.41) is 29.7. The van der Waals surface area contributed by atoms with Crippen LogP contribution >= 0.6 is 0 Å². The van der Waals surface area contributed by atoms with Crippen LogP contribution in [0.25, 0.3) is 0 Å². The molecule has 0 saturated carbocycles. The van der Waals surface area contributed by atoms with E-state index in [1.165, 1.54) is 0 Å². The molecule has 158 valence electrons. The van der Waals surface area contributed by atoms with Crippen molar-refractivity contribution < 1.29 is 49.1 Å². The fraction of sp³-hybridized carbons (Fsp3) is 0.714. The molecule has 0 saturated heterocycles. The van der Waals surface area contributed by atoms with Crippen molar-refractivity contribution in [3.63, 3.8) is 0 Å². The van der Waals surface area contributed by atoms with Crippen molar-refractivity contribution in [2.45, 2.75) is 27.7 Å². The molecule has 0 aromatic carbocycles. The van der Waals surface area contributed by atoms with E-state index in [1.54, 1.807) is 0 Å². The number of rotatable bonds is 7. The van der Waals surface area contributed by atoms with Gasteiger partial charge in [-0.05, 0) is 0 Å². The van der Waals surface area contributed by atoms with Gasteiger partial charge in [0.15, 0.2) is 0 Å². The molecule has 0 aliphatic carbocycles. The van der Waals surface area contributed by atoms with Gasteiger partial charge in [0.25, 0.3) is 23.9 Å². The van der Waals surface area contributed by atoms with Gasteiger partial charge in [-0.1, -0.05) is 0 Å². The van der Waals surface area contributed by atoms with E-state index < -0.39 is 23.9 Å². The van der Waals surface area contributed by atoms with Crippen molar-refractivity contribution in [1.82, 2.24) is 0 Å². The third-order valence-electron chi connectivity index (χ3n) is 0.896. The zero-order chi connectivity index (χ0) is 22.0. The van der Waals surface area contributed by atoms with Crippen LogP contribution in [0.5, 0.6) is 0 Å². The molecule has 12 heteroatoms. The Hall–Kier alpha value is -2.28. The average molecular weight is 388 g/mol. The summed E-state index contributed by atoms with van der Waals surface area (Å²) in [5.41, 5.74) is 10.4. The van der Waals surface area contributed by atoms with Gasteiger partial charge in [0.1, 0.15) is 0 Å². The van der Waals surface area contributed by atoms with E-state index >= 15 is 0 Å². The molecule has 0 atom stereocenters. The summed E-state index contributed by atoms with van der Waals surface area (Å²) in [5.74, 6) is -3.33. The number of carbonyl (C=O) groups is 4. The number of ether oxygens (including phenoxy) is 2. The summed E-state index contributed by atoms with van der Waals surface area (Å²) in [6.45, 7) is 7.89. The van der Waals surface area contributed by atoms with E-state index in [2.05, 4.69) is 0 Å². The Kier molecular flexibility index (Phi) is 45.9. The largest absolute Gasteiger partial charge is 0.481 e. The number of carboxylic acid groups (broad SMARTS) is 4. The molecule has 0 rings (SSSR count). The lowest BCUT2D eigenvalue weighted by Crippen LogP contribution is -2.14. The first-order valence-corrected chi connectivity index (χ1v) is 7.18. The third kappa shape index (κ3) is 419. The van der Waals surface area contributed by atoms with Crippen molar-refractivity contribution in [2.75, 3.05) is 39.5 Å². The van der Waals surface area contributed by atoms with Crippen LogP contribution in [-0.4, -0.2) is 83.8 Å². The van der Waals surface area contributed by atoms with Gasteiger partial charge in [-0.3, -0.25) is 19.2 Å². The van der Waals surface area contributed by atoms with E-state index in [9.17, 15) is 0 Å². The Balaban J connectivity index is -0.0000000776. The van der Waals surface area contributed by atoms with Gasteiger partial charge in [0.2, 0.25) is 0 Å². The topological polar surface area (TPSA) is 220 Å². The molecular weight excluding hydrogens is 356 g/mol. The highest BCUT2D eigenvalue weighted by molar-refractivity contribution is 5.63. The molecule has 8 N–H and O–H groups in total. The van der Waals surface area contributed by atoms with Crippen molar-refractivity contribution in [2.24, 2.45) is 11.5 Å². The highest BCUT2D eigenvalue weighted by atomic mass is 16.5. The van der Waals surface area contributed by atoms with Gasteiger partial charge in [0.05, 0.1) is 26.4 Å². The summed E-state index contributed by atoms with van der Waals surface area (Å²) < 4.78 is 10.1. The predicted octanol–water partition coefficient (Wildman–Crippen LogP) is -0.699. The van der Waals surface area contributed by atoms with E-state index in [0.717, 1.165) is 27.7 Å². The second kappa shape index (κ2) is 34.1. The van der Waals surface area contributed by atoms with Crippen molar-refractivity contribution in [3.8, 4) is 0 Å². The van der Waals surface area contributed by atoms with E-state index in [0.29, 0.717) is 39.5 Å². The first-order chi connectivity index (χ1) is 11.8. The van der Waals surface area contributed by atoms with Crippen molar-refractivity contribution in [3.05, 3.63) is 0 Å². The number of nitrogens with two attached hydrogens (primary N) is 2. The quantitative estimate of drug-likeness (QED) is 0.298. The molecule has 0 aliphatic heterocycles. The maximum atomic E-state index is 9.00. The van der Waals surface area contributed by atoms with Crippen molar-refractivity contribution in [1.29, 1.82) is 0 Å². The van der Waals surface area contributed by atoms with Gasteiger partial charge in [0, 0.05) is 40.8 Å². The van der Waals surface area contributed by atoms with Crippen LogP contribution in [0.1, 0.15) is 27.7 Å². The highest BCUT2D eigenvalue weighted by Crippen LogP contribution is 1.75. The van der Waals surface area contributed by atoms with Crippen LogP contribution < -0.4 is 11.5 Å². The average Bonchev–Trinajstić information content (AvgIpc) is 2.40. The highest BCUT2D eigenvalue weighted by Gasteiger charge is 1.86. The van der Waals surface area contributed by atoms with E-state index in [1.807, 2.05) is 0 Å². The summed E-state index contributed by atoms with van der Waals surface area (Å²) in [6.07, 6.45) is 0. The Morgan fingerprint density at radius 1 is 0.577 bits per heavy atom. The Bertz CT molecular complexity index is 266. The maximum Gasteiger partial charge on any atom is 0.300 e. The second-order valence-corrected chi connectivity index (χ2v) is 3.88. The lowest BCUT2D eigenvalue weighted by atomic mass is 10.7. The van der Waals surface area contributed by atoms with Gasteiger partial charge in [-0.25, -0.2) is 0 Å². The third-order valence-corrected chi connectivity index (χ3v) is 0.896. The molecule has 0 bridgehead atoms. The van der Waals surface area contributed by atoms with Gasteiger partial charge in [-0.15, -0.1) is 0 Å². The first kappa shape index (κ1) is 34.9. The van der Waals surface area contributed by atoms with Crippen LogP contribution in [0, 0.1) is 0 Å². The molecule has 0 heterocycles. The van der Waals surface area contributed by atoms with E-state index in [4.69, 9.17) is 60.5 Å². The normalized spacial score (nSPS) is 7.77. The fourth-order valence-electron chi connectivity index (χ4n) is 0.489. The zero-order valence-corrected chi connectivity index (χ0v) is 15.6. The summed E-state index contributed by atoms with van der Waals surface area (Å²) in [4.78, 5) is 36.0. The lowest BCUT2D eigenvalue weighted by molar-refractivity contribution is -0.135. The predicted molar refractivity (Wildman–Crippen MR) is 93.0 cm³/mol. The monoisotopic (exact) mass is 388 g/mol. The molecule has 0 radical (unpaired) electrons. The molecule has 12 nitrogen and oxygen atoms in total. The number of aliphatic carboxylic acids is 4. The minimum atomic E-state index is -0.833.